The van der Waals surface area contributed by atoms with E-state index < -0.39 is 0 Å². The third kappa shape index (κ3) is 1.59. The van der Waals surface area contributed by atoms with Crippen LogP contribution in [0.25, 0.3) is 0 Å². The van der Waals surface area contributed by atoms with Gasteiger partial charge in [-0.25, -0.2) is 0 Å². The van der Waals surface area contributed by atoms with E-state index in [1.165, 1.54) is 16.7 Å². The molecule has 0 bridgehead atoms. The summed E-state index contributed by atoms with van der Waals surface area (Å²) < 4.78 is 0. The summed E-state index contributed by atoms with van der Waals surface area (Å²) in [6.07, 6.45) is 6.11. The molecule has 1 heteroatoms. The van der Waals surface area contributed by atoms with Crippen molar-refractivity contribution in [2.45, 2.75) is 33.6 Å². The molecular weight excluding hydrogens is 134 g/mol. The van der Waals surface area contributed by atoms with E-state index in [1.807, 2.05) is 12.4 Å². The summed E-state index contributed by atoms with van der Waals surface area (Å²) in [7, 11) is 0. The Morgan fingerprint density at radius 3 is 1.91 bits per heavy atom. The minimum atomic E-state index is 1.09. The van der Waals surface area contributed by atoms with Gasteiger partial charge in [-0.2, -0.15) is 0 Å². The number of aryl methyl sites for hydroxylation is 2. The Morgan fingerprint density at radius 2 is 1.55 bits per heavy atom. The van der Waals surface area contributed by atoms with Crippen LogP contribution >= 0.6 is 0 Å². The van der Waals surface area contributed by atoms with Gasteiger partial charge in [-0.05, 0) is 36.5 Å². The van der Waals surface area contributed by atoms with Gasteiger partial charge in [-0.15, -0.1) is 0 Å². The van der Waals surface area contributed by atoms with Crippen LogP contribution in [0, 0.1) is 6.92 Å². The molecule has 1 nitrogen and oxygen atoms in total. The Labute approximate surface area is 68.5 Å². The van der Waals surface area contributed by atoms with Crippen LogP contribution in [0.2, 0.25) is 0 Å². The minimum absolute atomic E-state index is 1.09. The van der Waals surface area contributed by atoms with Gasteiger partial charge in [-0.1, -0.05) is 13.8 Å². The van der Waals surface area contributed by atoms with Crippen LogP contribution in [0.4, 0.5) is 0 Å². The van der Waals surface area contributed by atoms with Crippen LogP contribution < -0.4 is 0 Å². The monoisotopic (exact) mass is 149 g/mol. The standard InChI is InChI=1S/C10H15N/c1-4-9-6-11-7-10(5-2)8(9)3/h6-7H,4-5H2,1-3H3. The van der Waals surface area contributed by atoms with E-state index in [1.54, 1.807) is 0 Å². The highest BCUT2D eigenvalue weighted by molar-refractivity contribution is 5.30. The summed E-state index contributed by atoms with van der Waals surface area (Å²) in [5.74, 6) is 0. The molecule has 0 N–H and O–H groups in total. The van der Waals surface area contributed by atoms with E-state index in [0.29, 0.717) is 0 Å². The summed E-state index contributed by atoms with van der Waals surface area (Å²) in [5, 5.41) is 0. The lowest BCUT2D eigenvalue weighted by atomic mass is 10.0. The predicted octanol–water partition coefficient (Wildman–Crippen LogP) is 2.51. The van der Waals surface area contributed by atoms with Crippen molar-refractivity contribution in [2.24, 2.45) is 0 Å². The molecule has 0 aromatic carbocycles. The lowest BCUT2D eigenvalue weighted by molar-refractivity contribution is 1.01. The second kappa shape index (κ2) is 3.51. The zero-order valence-electron chi connectivity index (χ0n) is 7.52. The molecule has 0 atom stereocenters. The van der Waals surface area contributed by atoms with Crippen LogP contribution in [-0.4, -0.2) is 4.98 Å². The number of hydrogen-bond acceptors (Lipinski definition) is 1. The van der Waals surface area contributed by atoms with Crippen molar-refractivity contribution in [3.63, 3.8) is 0 Å². The van der Waals surface area contributed by atoms with E-state index in [0.717, 1.165) is 12.8 Å². The zero-order valence-corrected chi connectivity index (χ0v) is 7.52. The third-order valence-corrected chi connectivity index (χ3v) is 2.19. The highest BCUT2D eigenvalue weighted by Gasteiger charge is 1.99. The summed E-state index contributed by atoms with van der Waals surface area (Å²) in [6.45, 7) is 6.52. The van der Waals surface area contributed by atoms with E-state index in [-0.39, 0.29) is 0 Å². The molecule has 0 aliphatic heterocycles. The van der Waals surface area contributed by atoms with Crippen molar-refractivity contribution in [3.05, 3.63) is 29.1 Å². The zero-order chi connectivity index (χ0) is 8.27. The first-order valence-corrected chi connectivity index (χ1v) is 4.22. The van der Waals surface area contributed by atoms with Crippen molar-refractivity contribution < 1.29 is 0 Å². The second-order valence-electron chi connectivity index (χ2n) is 2.79. The van der Waals surface area contributed by atoms with Crippen molar-refractivity contribution >= 4 is 0 Å². The molecule has 0 amide bonds. The number of aromatic nitrogens is 1. The average Bonchev–Trinajstić information content (AvgIpc) is 2.05. The van der Waals surface area contributed by atoms with Crippen molar-refractivity contribution in [3.8, 4) is 0 Å². The fourth-order valence-corrected chi connectivity index (χ4v) is 1.33. The number of nitrogens with zero attached hydrogens (tertiary/aromatic N) is 1. The van der Waals surface area contributed by atoms with Gasteiger partial charge >= 0.3 is 0 Å². The van der Waals surface area contributed by atoms with Gasteiger partial charge in [-0.3, -0.25) is 4.98 Å². The molecule has 0 aliphatic carbocycles. The van der Waals surface area contributed by atoms with E-state index in [2.05, 4.69) is 25.8 Å². The van der Waals surface area contributed by atoms with Crippen LogP contribution in [0.3, 0.4) is 0 Å². The maximum Gasteiger partial charge on any atom is 0.0302 e. The van der Waals surface area contributed by atoms with Gasteiger partial charge in [0.25, 0.3) is 0 Å². The van der Waals surface area contributed by atoms with E-state index >= 15 is 0 Å². The summed E-state index contributed by atoms with van der Waals surface area (Å²) in [5.41, 5.74) is 4.18. The predicted molar refractivity (Wildman–Crippen MR) is 47.7 cm³/mol. The fourth-order valence-electron chi connectivity index (χ4n) is 1.33. The molecule has 0 aliphatic rings. The Hall–Kier alpha value is -0.850. The van der Waals surface area contributed by atoms with Crippen molar-refractivity contribution in [2.75, 3.05) is 0 Å². The van der Waals surface area contributed by atoms with Crippen LogP contribution in [-0.2, 0) is 12.8 Å². The minimum Gasteiger partial charge on any atom is -0.264 e. The van der Waals surface area contributed by atoms with Gasteiger partial charge in [0.05, 0.1) is 0 Å². The van der Waals surface area contributed by atoms with Crippen LogP contribution in [0.1, 0.15) is 30.5 Å². The molecule has 0 unspecified atom stereocenters. The van der Waals surface area contributed by atoms with Gasteiger partial charge < -0.3 is 0 Å². The highest BCUT2D eigenvalue weighted by Crippen LogP contribution is 2.12. The Kier molecular flexibility index (Phi) is 2.64. The molecule has 0 saturated carbocycles. The first kappa shape index (κ1) is 8.25. The van der Waals surface area contributed by atoms with Gasteiger partial charge in [0, 0.05) is 12.4 Å². The van der Waals surface area contributed by atoms with Gasteiger partial charge in [0.1, 0.15) is 0 Å². The summed E-state index contributed by atoms with van der Waals surface area (Å²) in [6, 6.07) is 0. The number of rotatable bonds is 2. The highest BCUT2D eigenvalue weighted by atomic mass is 14.6. The Morgan fingerprint density at radius 1 is 1.09 bits per heavy atom. The topological polar surface area (TPSA) is 12.9 Å². The third-order valence-electron chi connectivity index (χ3n) is 2.19. The molecule has 1 aromatic heterocycles. The van der Waals surface area contributed by atoms with Crippen LogP contribution in [0.5, 0.6) is 0 Å². The van der Waals surface area contributed by atoms with Crippen molar-refractivity contribution in [1.29, 1.82) is 0 Å². The fraction of sp³-hybridized carbons (Fsp3) is 0.500. The number of pyridine rings is 1. The van der Waals surface area contributed by atoms with E-state index in [9.17, 15) is 0 Å². The van der Waals surface area contributed by atoms with Gasteiger partial charge in [0.2, 0.25) is 0 Å². The molecule has 1 aromatic rings. The van der Waals surface area contributed by atoms with Crippen LogP contribution in [0.15, 0.2) is 12.4 Å². The molecule has 0 saturated heterocycles. The quantitative estimate of drug-likeness (QED) is 0.629. The molecule has 60 valence electrons. The van der Waals surface area contributed by atoms with Crippen molar-refractivity contribution in [1.82, 2.24) is 4.98 Å². The Balaban J connectivity index is 3.10. The molecule has 0 fully saturated rings. The molecule has 1 heterocycles. The first-order valence-electron chi connectivity index (χ1n) is 4.22. The average molecular weight is 149 g/mol. The van der Waals surface area contributed by atoms with Gasteiger partial charge in [0.15, 0.2) is 0 Å². The first-order chi connectivity index (χ1) is 5.29. The molecule has 0 spiro atoms. The molecule has 11 heavy (non-hydrogen) atoms. The molecule has 0 radical (unpaired) electrons. The summed E-state index contributed by atoms with van der Waals surface area (Å²) in [4.78, 5) is 4.19. The number of hydrogen-bond donors (Lipinski definition) is 0. The van der Waals surface area contributed by atoms with E-state index in [4.69, 9.17) is 0 Å². The smallest absolute Gasteiger partial charge is 0.0302 e. The molecular formula is C10H15N. The maximum absolute atomic E-state index is 4.19. The normalized spacial score (nSPS) is 10.1. The largest absolute Gasteiger partial charge is 0.264 e. The Bertz CT molecular complexity index is 218. The molecule has 1 rings (SSSR count). The maximum atomic E-state index is 4.19. The second-order valence-corrected chi connectivity index (χ2v) is 2.79. The SMILES string of the molecule is CCc1cncc(CC)c1C. The lowest BCUT2D eigenvalue weighted by Crippen LogP contribution is -1.94. The summed E-state index contributed by atoms with van der Waals surface area (Å²) >= 11 is 0. The lowest BCUT2D eigenvalue weighted by Gasteiger charge is -2.06.